The molecule has 1 heterocycles. The third-order valence-corrected chi connectivity index (χ3v) is 5.31. The third kappa shape index (κ3) is 2.00. The average Bonchev–Trinajstić information content (AvgIpc) is 3.06. The maximum Gasteiger partial charge on any atom is 0.161 e. The fourth-order valence-electron chi connectivity index (χ4n) is 4.01. The minimum atomic E-state index is 0.754. The zero-order chi connectivity index (χ0) is 17.8. The Balaban J connectivity index is 1.92. The highest BCUT2D eigenvalue weighted by atomic mass is 16.5. The summed E-state index contributed by atoms with van der Waals surface area (Å²) < 4.78 is 13.1. The highest BCUT2D eigenvalue weighted by molar-refractivity contribution is 6.18. The Morgan fingerprint density at radius 2 is 1.27 bits per heavy atom. The maximum atomic E-state index is 5.48. The Kier molecular flexibility index (Phi) is 3.13. The van der Waals surface area contributed by atoms with Gasteiger partial charge in [-0.05, 0) is 57.3 Å². The van der Waals surface area contributed by atoms with Crippen molar-refractivity contribution in [2.24, 2.45) is 7.05 Å². The molecule has 0 radical (unpaired) electrons. The summed E-state index contributed by atoms with van der Waals surface area (Å²) in [6, 6.07) is 19.6. The molecule has 0 aliphatic carbocycles. The number of aromatic nitrogens is 1. The van der Waals surface area contributed by atoms with Crippen molar-refractivity contribution >= 4 is 43.2 Å². The van der Waals surface area contributed by atoms with Crippen LogP contribution in [0.5, 0.6) is 11.5 Å². The fraction of sp³-hybridized carbons (Fsp3) is 0.130. The molecule has 3 nitrogen and oxygen atoms in total. The molecule has 0 aliphatic rings. The molecule has 0 saturated heterocycles. The van der Waals surface area contributed by atoms with E-state index in [1.165, 1.54) is 32.4 Å². The van der Waals surface area contributed by atoms with Crippen LogP contribution in [-0.2, 0) is 7.05 Å². The molecule has 0 atom stereocenters. The van der Waals surface area contributed by atoms with Crippen LogP contribution in [0, 0.1) is 0 Å². The molecule has 0 amide bonds. The predicted octanol–water partition coefficient (Wildman–Crippen LogP) is 5.66. The van der Waals surface area contributed by atoms with E-state index < -0.39 is 0 Å². The van der Waals surface area contributed by atoms with E-state index in [0.717, 1.165) is 22.3 Å². The summed E-state index contributed by atoms with van der Waals surface area (Å²) in [7, 11) is 5.44. The quantitative estimate of drug-likeness (QED) is 0.306. The zero-order valence-corrected chi connectivity index (χ0v) is 15.0. The molecule has 0 aliphatic heterocycles. The molecule has 26 heavy (non-hydrogen) atoms. The summed E-state index contributed by atoms with van der Waals surface area (Å²) in [5.41, 5.74) is 1.27. The van der Waals surface area contributed by atoms with Crippen molar-refractivity contribution in [3.05, 3.63) is 60.8 Å². The SMILES string of the molecule is COc1cc2cc3ccc4c(ccc5ccn(C)c54)c3cc2cc1OC. The molecule has 0 spiro atoms. The van der Waals surface area contributed by atoms with Crippen LogP contribution in [-0.4, -0.2) is 18.8 Å². The first-order valence-electron chi connectivity index (χ1n) is 8.66. The summed E-state index contributed by atoms with van der Waals surface area (Å²) in [4.78, 5) is 0. The Labute approximate surface area is 151 Å². The summed E-state index contributed by atoms with van der Waals surface area (Å²) in [6.45, 7) is 0. The van der Waals surface area contributed by atoms with Crippen molar-refractivity contribution in [2.75, 3.05) is 14.2 Å². The van der Waals surface area contributed by atoms with Gasteiger partial charge in [-0.3, -0.25) is 0 Å². The highest BCUT2D eigenvalue weighted by Crippen LogP contribution is 2.37. The van der Waals surface area contributed by atoms with E-state index in [9.17, 15) is 0 Å². The summed E-state index contributed by atoms with van der Waals surface area (Å²) in [5, 5.41) is 8.60. The van der Waals surface area contributed by atoms with E-state index in [0.29, 0.717) is 0 Å². The standard InChI is InChI=1S/C23H19NO2/c1-24-9-8-14-4-6-18-19(23(14)24)7-5-15-10-16-12-21(25-2)22(26-3)13-17(16)11-20(15)18/h4-13H,1-3H3. The molecule has 5 rings (SSSR count). The van der Waals surface area contributed by atoms with Gasteiger partial charge in [0.05, 0.1) is 19.7 Å². The van der Waals surface area contributed by atoms with Gasteiger partial charge in [0.15, 0.2) is 11.5 Å². The van der Waals surface area contributed by atoms with E-state index in [2.05, 4.69) is 60.3 Å². The molecule has 5 aromatic rings. The highest BCUT2D eigenvalue weighted by Gasteiger charge is 2.10. The first kappa shape index (κ1) is 15.1. The van der Waals surface area contributed by atoms with Gasteiger partial charge in [0.2, 0.25) is 0 Å². The zero-order valence-electron chi connectivity index (χ0n) is 15.0. The van der Waals surface area contributed by atoms with Gasteiger partial charge in [-0.1, -0.05) is 24.3 Å². The van der Waals surface area contributed by atoms with Crippen molar-refractivity contribution in [1.82, 2.24) is 4.57 Å². The van der Waals surface area contributed by atoms with Crippen molar-refractivity contribution in [2.45, 2.75) is 0 Å². The number of nitrogens with zero attached hydrogens (tertiary/aromatic N) is 1. The van der Waals surface area contributed by atoms with Gasteiger partial charge in [0.25, 0.3) is 0 Å². The van der Waals surface area contributed by atoms with Crippen LogP contribution < -0.4 is 9.47 Å². The van der Waals surface area contributed by atoms with E-state index in [-0.39, 0.29) is 0 Å². The number of aryl methyl sites for hydroxylation is 1. The normalized spacial score (nSPS) is 11.7. The van der Waals surface area contributed by atoms with Crippen molar-refractivity contribution < 1.29 is 9.47 Å². The Hall–Kier alpha value is -3.20. The van der Waals surface area contributed by atoms with Crippen molar-refractivity contribution in [1.29, 1.82) is 0 Å². The van der Waals surface area contributed by atoms with E-state index in [1.54, 1.807) is 14.2 Å². The topological polar surface area (TPSA) is 23.4 Å². The van der Waals surface area contributed by atoms with Crippen LogP contribution in [0.4, 0.5) is 0 Å². The number of hydrogen-bond acceptors (Lipinski definition) is 2. The molecule has 0 fully saturated rings. The van der Waals surface area contributed by atoms with E-state index >= 15 is 0 Å². The maximum absolute atomic E-state index is 5.48. The van der Waals surface area contributed by atoms with Crippen LogP contribution in [0.25, 0.3) is 43.2 Å². The molecule has 0 unspecified atom stereocenters. The molecular weight excluding hydrogens is 322 g/mol. The minimum absolute atomic E-state index is 0.754. The van der Waals surface area contributed by atoms with Crippen LogP contribution >= 0.6 is 0 Å². The van der Waals surface area contributed by atoms with E-state index in [4.69, 9.17) is 9.47 Å². The summed E-state index contributed by atoms with van der Waals surface area (Å²) in [5.74, 6) is 1.51. The molecule has 0 saturated carbocycles. The Bertz CT molecular complexity index is 1310. The van der Waals surface area contributed by atoms with Crippen LogP contribution in [0.15, 0.2) is 60.8 Å². The Morgan fingerprint density at radius 1 is 0.615 bits per heavy atom. The largest absolute Gasteiger partial charge is 0.493 e. The summed E-state index contributed by atoms with van der Waals surface area (Å²) in [6.07, 6.45) is 2.12. The number of ether oxygens (including phenoxy) is 2. The lowest BCUT2D eigenvalue weighted by molar-refractivity contribution is 0.356. The first-order chi connectivity index (χ1) is 12.7. The molecule has 0 N–H and O–H groups in total. The number of hydrogen-bond donors (Lipinski definition) is 0. The third-order valence-electron chi connectivity index (χ3n) is 5.31. The lowest BCUT2D eigenvalue weighted by Crippen LogP contribution is -1.91. The van der Waals surface area contributed by atoms with Crippen LogP contribution in [0.3, 0.4) is 0 Å². The molecule has 1 aromatic heterocycles. The fourth-order valence-corrected chi connectivity index (χ4v) is 4.01. The smallest absolute Gasteiger partial charge is 0.161 e. The van der Waals surface area contributed by atoms with Gasteiger partial charge in [0.1, 0.15) is 0 Å². The average molecular weight is 341 g/mol. The monoisotopic (exact) mass is 341 g/mol. The Morgan fingerprint density at radius 3 is 2.00 bits per heavy atom. The molecule has 128 valence electrons. The van der Waals surface area contributed by atoms with Crippen LogP contribution in [0.2, 0.25) is 0 Å². The van der Waals surface area contributed by atoms with Gasteiger partial charge in [0, 0.05) is 24.0 Å². The second-order valence-corrected chi connectivity index (χ2v) is 6.72. The minimum Gasteiger partial charge on any atom is -0.493 e. The summed E-state index contributed by atoms with van der Waals surface area (Å²) >= 11 is 0. The molecular formula is C23H19NO2. The second kappa shape index (κ2) is 5.40. The van der Waals surface area contributed by atoms with E-state index in [1.807, 2.05) is 12.1 Å². The lowest BCUT2D eigenvalue weighted by Gasteiger charge is -2.12. The number of benzene rings is 4. The predicted molar refractivity (Wildman–Crippen MR) is 109 cm³/mol. The van der Waals surface area contributed by atoms with Crippen LogP contribution in [0.1, 0.15) is 0 Å². The van der Waals surface area contributed by atoms with Gasteiger partial charge < -0.3 is 14.0 Å². The van der Waals surface area contributed by atoms with Gasteiger partial charge >= 0.3 is 0 Å². The lowest BCUT2D eigenvalue weighted by atomic mass is 9.97. The van der Waals surface area contributed by atoms with Crippen molar-refractivity contribution in [3.63, 3.8) is 0 Å². The second-order valence-electron chi connectivity index (χ2n) is 6.72. The molecule has 3 heteroatoms. The molecule has 4 aromatic carbocycles. The molecule has 0 bridgehead atoms. The first-order valence-corrected chi connectivity index (χ1v) is 8.66. The van der Waals surface area contributed by atoms with Gasteiger partial charge in [-0.25, -0.2) is 0 Å². The number of methoxy groups -OCH3 is 2. The van der Waals surface area contributed by atoms with Crippen molar-refractivity contribution in [3.8, 4) is 11.5 Å². The van der Waals surface area contributed by atoms with Gasteiger partial charge in [-0.15, -0.1) is 0 Å². The number of fused-ring (bicyclic) bond motifs is 6. The number of rotatable bonds is 2. The van der Waals surface area contributed by atoms with Gasteiger partial charge in [-0.2, -0.15) is 0 Å².